The number of carbonyl (C=O) groups is 2. The molecule has 0 spiro atoms. The van der Waals surface area contributed by atoms with E-state index in [4.69, 9.17) is 16.3 Å². The Labute approximate surface area is 172 Å². The molecule has 1 atom stereocenters. The van der Waals surface area contributed by atoms with Gasteiger partial charge in [0.15, 0.2) is 11.5 Å². The maximum Gasteiger partial charge on any atom is 0.295 e. The van der Waals surface area contributed by atoms with Gasteiger partial charge in [-0.1, -0.05) is 17.7 Å². The van der Waals surface area contributed by atoms with Crippen LogP contribution in [0.2, 0.25) is 5.02 Å². The van der Waals surface area contributed by atoms with Gasteiger partial charge >= 0.3 is 0 Å². The van der Waals surface area contributed by atoms with Crippen LogP contribution in [0.4, 0.5) is 0 Å². The van der Waals surface area contributed by atoms with Gasteiger partial charge in [-0.3, -0.25) is 9.59 Å². The van der Waals surface area contributed by atoms with Crippen molar-refractivity contribution in [2.45, 2.75) is 13.0 Å². The number of nitrogens with zero attached hydrogens (tertiary/aromatic N) is 1. The number of aliphatic hydroxyl groups is 2. The summed E-state index contributed by atoms with van der Waals surface area (Å²) in [5, 5.41) is 30.7. The number of phenols is 1. The van der Waals surface area contributed by atoms with E-state index in [2.05, 4.69) is 0 Å². The van der Waals surface area contributed by atoms with Gasteiger partial charge in [0.25, 0.3) is 11.7 Å². The number of halogens is 1. The van der Waals surface area contributed by atoms with Crippen LogP contribution < -0.4 is 4.74 Å². The number of aliphatic hydroxyl groups excluding tert-OH is 2. The number of hydrogen-bond acceptors (Lipinski definition) is 6. The molecule has 1 fully saturated rings. The lowest BCUT2D eigenvalue weighted by Crippen LogP contribution is -2.32. The normalized spacial score (nSPS) is 18.3. The molecule has 0 unspecified atom stereocenters. The monoisotopic (exact) mass is 417 g/mol. The third-order valence-electron chi connectivity index (χ3n) is 4.60. The van der Waals surface area contributed by atoms with Crippen molar-refractivity contribution < 1.29 is 29.6 Å². The highest BCUT2D eigenvalue weighted by molar-refractivity contribution is 6.46. The number of ketones is 1. The third kappa shape index (κ3) is 3.92. The Morgan fingerprint density at radius 2 is 1.86 bits per heavy atom. The maximum atomic E-state index is 12.7. The lowest BCUT2D eigenvalue weighted by Gasteiger charge is -2.25. The zero-order valence-electron chi connectivity index (χ0n) is 15.6. The van der Waals surface area contributed by atoms with Gasteiger partial charge in [0.05, 0.1) is 24.8 Å². The van der Waals surface area contributed by atoms with Crippen molar-refractivity contribution in [1.82, 2.24) is 4.90 Å². The first-order valence-corrected chi connectivity index (χ1v) is 9.37. The Balaban J connectivity index is 2.19. The Kier molecular flexibility index (Phi) is 6.10. The van der Waals surface area contributed by atoms with Crippen LogP contribution in [-0.4, -0.2) is 51.7 Å². The van der Waals surface area contributed by atoms with Crippen LogP contribution in [-0.2, 0) is 9.59 Å². The van der Waals surface area contributed by atoms with Gasteiger partial charge < -0.3 is 25.0 Å². The molecule has 8 heteroatoms. The molecule has 1 amide bonds. The minimum absolute atomic E-state index is 0.0904. The minimum atomic E-state index is -0.947. The van der Waals surface area contributed by atoms with Crippen LogP contribution in [0.25, 0.3) is 5.76 Å². The summed E-state index contributed by atoms with van der Waals surface area (Å²) in [4.78, 5) is 26.5. The fourth-order valence-electron chi connectivity index (χ4n) is 3.30. The van der Waals surface area contributed by atoms with Gasteiger partial charge in [-0.25, -0.2) is 0 Å². The molecule has 0 bridgehead atoms. The topological polar surface area (TPSA) is 107 Å². The summed E-state index contributed by atoms with van der Waals surface area (Å²) in [5.41, 5.74) is 0.665. The molecule has 29 heavy (non-hydrogen) atoms. The van der Waals surface area contributed by atoms with E-state index in [0.29, 0.717) is 22.8 Å². The Hall–Kier alpha value is -3.03. The second-order valence-electron chi connectivity index (χ2n) is 6.38. The molecule has 0 aromatic heterocycles. The highest BCUT2D eigenvalue weighted by Crippen LogP contribution is 2.41. The molecule has 0 aliphatic carbocycles. The van der Waals surface area contributed by atoms with Gasteiger partial charge in [0.1, 0.15) is 5.76 Å². The molecule has 1 heterocycles. The summed E-state index contributed by atoms with van der Waals surface area (Å²) in [6.07, 6.45) is 0. The Morgan fingerprint density at radius 3 is 2.48 bits per heavy atom. The van der Waals surface area contributed by atoms with E-state index in [0.717, 1.165) is 0 Å². The van der Waals surface area contributed by atoms with E-state index in [1.807, 2.05) is 0 Å². The lowest BCUT2D eigenvalue weighted by atomic mass is 9.95. The van der Waals surface area contributed by atoms with E-state index in [1.54, 1.807) is 19.1 Å². The number of benzene rings is 2. The molecule has 2 aromatic carbocycles. The van der Waals surface area contributed by atoms with Gasteiger partial charge in [0, 0.05) is 17.1 Å². The van der Waals surface area contributed by atoms with E-state index in [-0.39, 0.29) is 36.0 Å². The molecular weight excluding hydrogens is 398 g/mol. The van der Waals surface area contributed by atoms with E-state index in [9.17, 15) is 24.9 Å². The SMILES string of the molecule is CCOc1cc([C@H]2C(=C(O)c3ccc(Cl)cc3)C(=O)C(=O)N2CCO)ccc1O. The molecule has 3 rings (SSSR count). The van der Waals surface area contributed by atoms with Crippen LogP contribution in [0.3, 0.4) is 0 Å². The smallest absolute Gasteiger partial charge is 0.295 e. The zero-order valence-corrected chi connectivity index (χ0v) is 16.4. The van der Waals surface area contributed by atoms with Gasteiger partial charge in [-0.15, -0.1) is 0 Å². The van der Waals surface area contributed by atoms with Crippen molar-refractivity contribution in [3.63, 3.8) is 0 Å². The number of aromatic hydroxyl groups is 1. The third-order valence-corrected chi connectivity index (χ3v) is 4.85. The molecular formula is C21H20ClNO6. The van der Waals surface area contributed by atoms with E-state index in [1.165, 1.54) is 35.2 Å². The van der Waals surface area contributed by atoms with Gasteiger partial charge in [-0.05, 0) is 48.9 Å². The molecule has 0 radical (unpaired) electrons. The molecule has 2 aromatic rings. The molecule has 1 aliphatic heterocycles. The number of Topliss-reactive ketones (excluding diaryl/α,β-unsaturated/α-hetero) is 1. The summed E-state index contributed by atoms with van der Waals surface area (Å²) >= 11 is 5.89. The second-order valence-corrected chi connectivity index (χ2v) is 6.82. The van der Waals surface area contributed by atoms with Crippen LogP contribution in [0.15, 0.2) is 48.0 Å². The van der Waals surface area contributed by atoms with Crippen molar-refractivity contribution in [1.29, 1.82) is 0 Å². The first-order valence-electron chi connectivity index (χ1n) is 9.00. The van der Waals surface area contributed by atoms with Crippen molar-refractivity contribution >= 4 is 29.1 Å². The van der Waals surface area contributed by atoms with Crippen molar-refractivity contribution in [2.24, 2.45) is 0 Å². The number of rotatable bonds is 6. The Morgan fingerprint density at radius 1 is 1.17 bits per heavy atom. The van der Waals surface area contributed by atoms with Crippen LogP contribution in [0.1, 0.15) is 24.1 Å². The van der Waals surface area contributed by atoms with Crippen LogP contribution >= 0.6 is 11.6 Å². The molecule has 3 N–H and O–H groups in total. The minimum Gasteiger partial charge on any atom is -0.507 e. The van der Waals surface area contributed by atoms with Gasteiger partial charge in [0.2, 0.25) is 0 Å². The molecule has 0 saturated carbocycles. The van der Waals surface area contributed by atoms with Crippen molar-refractivity contribution in [3.8, 4) is 11.5 Å². The second kappa shape index (κ2) is 8.55. The molecule has 7 nitrogen and oxygen atoms in total. The highest BCUT2D eigenvalue weighted by atomic mass is 35.5. The fourth-order valence-corrected chi connectivity index (χ4v) is 3.43. The first kappa shape index (κ1) is 20.7. The predicted octanol–water partition coefficient (Wildman–Crippen LogP) is 2.86. The van der Waals surface area contributed by atoms with E-state index >= 15 is 0 Å². The van der Waals surface area contributed by atoms with Crippen molar-refractivity contribution in [3.05, 3.63) is 64.2 Å². The predicted molar refractivity (Wildman–Crippen MR) is 107 cm³/mol. The zero-order chi connectivity index (χ0) is 21.1. The maximum absolute atomic E-state index is 12.7. The summed E-state index contributed by atoms with van der Waals surface area (Å²) < 4.78 is 5.40. The van der Waals surface area contributed by atoms with E-state index < -0.39 is 17.7 Å². The number of hydrogen-bond donors (Lipinski definition) is 3. The van der Waals surface area contributed by atoms with Gasteiger partial charge in [-0.2, -0.15) is 0 Å². The first-order chi connectivity index (χ1) is 13.9. The average Bonchev–Trinajstić information content (AvgIpc) is 2.95. The highest BCUT2D eigenvalue weighted by Gasteiger charge is 2.46. The number of amides is 1. The standard InChI is InChI=1S/C21H20ClNO6/c1-2-29-16-11-13(5-8-15(16)25)18-17(20(27)21(28)23(18)9-10-24)19(26)12-3-6-14(22)7-4-12/h3-8,11,18,24-26H,2,9-10H2,1H3/t18-/m0/s1. The largest absolute Gasteiger partial charge is 0.507 e. The van der Waals surface area contributed by atoms with Crippen molar-refractivity contribution in [2.75, 3.05) is 19.8 Å². The number of ether oxygens (including phenoxy) is 1. The summed E-state index contributed by atoms with van der Waals surface area (Å²) in [6, 6.07) is 9.68. The number of carbonyl (C=O) groups excluding carboxylic acids is 2. The van der Waals surface area contributed by atoms with Crippen LogP contribution in [0.5, 0.6) is 11.5 Å². The Bertz CT molecular complexity index is 970. The fraction of sp³-hybridized carbons (Fsp3) is 0.238. The molecule has 1 aliphatic rings. The number of likely N-dealkylation sites (tertiary alicyclic amines) is 1. The summed E-state index contributed by atoms with van der Waals surface area (Å²) in [7, 11) is 0. The summed E-state index contributed by atoms with van der Waals surface area (Å²) in [5.74, 6) is -1.94. The molecule has 152 valence electrons. The molecule has 1 saturated heterocycles. The quantitative estimate of drug-likeness (QED) is 0.379. The number of phenolic OH excluding ortho intramolecular Hbond substituents is 1. The van der Waals surface area contributed by atoms with Crippen LogP contribution in [0, 0.1) is 0 Å². The number of β-amino-alcohol motifs (C(OH)–C–C–N with tert-alkyl or cyclic N) is 1. The average molecular weight is 418 g/mol. The summed E-state index contributed by atoms with van der Waals surface area (Å²) in [6.45, 7) is 1.60. The lowest BCUT2D eigenvalue weighted by molar-refractivity contribution is -0.140.